The maximum Gasteiger partial charge on any atom is 0.269 e. The van der Waals surface area contributed by atoms with E-state index in [0.717, 1.165) is 43.2 Å². The molecule has 0 radical (unpaired) electrons. The molecule has 1 amide bonds. The van der Waals surface area contributed by atoms with Crippen molar-refractivity contribution in [3.05, 3.63) is 82.6 Å². The average molecular weight is 467 g/mol. The topological polar surface area (TPSA) is 134 Å². The molecule has 178 valence electrons. The Morgan fingerprint density at radius 2 is 2.00 bits per heavy atom. The number of nitrogens with zero attached hydrogens (tertiary/aromatic N) is 2. The third-order valence-corrected chi connectivity index (χ3v) is 7.35. The van der Waals surface area contributed by atoms with Crippen LogP contribution < -0.4 is 16.8 Å². The molecule has 0 bridgehead atoms. The Balaban J connectivity index is 1.61. The van der Waals surface area contributed by atoms with Gasteiger partial charge in [-0.2, -0.15) is 5.26 Å². The Hall–Kier alpha value is -3.89. The van der Waals surface area contributed by atoms with Gasteiger partial charge in [0.15, 0.2) is 0 Å². The third kappa shape index (κ3) is 4.33. The van der Waals surface area contributed by atoms with E-state index in [1.807, 2.05) is 4.57 Å². The van der Waals surface area contributed by atoms with E-state index in [4.69, 9.17) is 16.9 Å². The van der Waals surface area contributed by atoms with E-state index in [1.54, 1.807) is 18.2 Å². The fraction of sp³-hybridized carbons (Fsp3) is 0.321. The summed E-state index contributed by atoms with van der Waals surface area (Å²) in [7, 11) is 0. The maximum atomic E-state index is 13.7. The van der Waals surface area contributed by atoms with Gasteiger partial charge in [0.05, 0.1) is 11.1 Å². The molecule has 3 aliphatic rings. The summed E-state index contributed by atoms with van der Waals surface area (Å²) >= 11 is 0. The van der Waals surface area contributed by atoms with Crippen LogP contribution in [0.5, 0.6) is 0 Å². The van der Waals surface area contributed by atoms with Gasteiger partial charge in [-0.25, -0.2) is 0 Å². The van der Waals surface area contributed by atoms with Crippen molar-refractivity contribution in [1.29, 1.82) is 10.7 Å². The number of amides is 1. The van der Waals surface area contributed by atoms with Crippen LogP contribution in [-0.4, -0.2) is 28.4 Å². The Kier molecular flexibility index (Phi) is 6.14. The molecule has 1 unspecified atom stereocenters. The Morgan fingerprint density at radius 3 is 2.74 bits per heavy atom. The number of fused-ring (bicyclic) bond motifs is 2. The first kappa shape index (κ1) is 22.9. The number of benzene rings is 1. The van der Waals surface area contributed by atoms with Crippen LogP contribution in [0, 0.1) is 22.7 Å². The number of nitrogen functional groups attached to an aromatic ring is 1. The first-order chi connectivity index (χ1) is 17.0. The van der Waals surface area contributed by atoms with Gasteiger partial charge in [0, 0.05) is 35.5 Å². The van der Waals surface area contributed by atoms with E-state index in [0.29, 0.717) is 34.7 Å². The minimum absolute atomic E-state index is 0.0421. The quantitative estimate of drug-likeness (QED) is 0.394. The molecule has 2 aromatic rings. The van der Waals surface area contributed by atoms with E-state index < -0.39 is 0 Å². The number of hydrogen-bond acceptors (Lipinski definition) is 4. The van der Waals surface area contributed by atoms with Crippen LogP contribution in [0.4, 0.5) is 0 Å². The molecule has 7 nitrogen and oxygen atoms in total. The molecule has 0 aliphatic heterocycles. The van der Waals surface area contributed by atoms with E-state index in [9.17, 15) is 10.1 Å². The van der Waals surface area contributed by atoms with Crippen LogP contribution >= 0.6 is 0 Å². The summed E-state index contributed by atoms with van der Waals surface area (Å²) in [6.45, 7) is 0.443. The zero-order chi connectivity index (χ0) is 24.5. The monoisotopic (exact) mass is 466 g/mol. The number of carbonyl (C=O) groups excluding carboxylic acids is 1. The minimum Gasteiger partial charge on any atom is -0.384 e. The highest BCUT2D eigenvalue weighted by Crippen LogP contribution is 2.35. The standard InChI is InChI=1S/C28H30N6O/c29-15-24-23-13-8-18(27(31)32)14-25(23)34(16-19-6-3-5-17-4-1-2-7-22(17)19)26(24)28(35)33-21-11-9-20(30)10-12-21/h1-3,5-8,13-14,17,20-21H,4,9-12,16,30H2,(H3,31,32)(H,33,35)/t17?,20-,21-. The Morgan fingerprint density at radius 1 is 1.20 bits per heavy atom. The highest BCUT2D eigenvalue weighted by atomic mass is 16.2. The molecule has 6 N–H and O–H groups in total. The first-order valence-electron chi connectivity index (χ1n) is 12.2. The summed E-state index contributed by atoms with van der Waals surface area (Å²) in [5, 5.41) is 21.9. The summed E-state index contributed by atoms with van der Waals surface area (Å²) in [6.07, 6.45) is 17.1. The number of aromatic nitrogens is 1. The van der Waals surface area contributed by atoms with Gasteiger partial charge in [-0.15, -0.1) is 0 Å². The zero-order valence-electron chi connectivity index (χ0n) is 19.6. The number of nitriles is 1. The van der Waals surface area contributed by atoms with Crippen molar-refractivity contribution < 1.29 is 4.79 Å². The van der Waals surface area contributed by atoms with Crippen molar-refractivity contribution in [1.82, 2.24) is 9.88 Å². The highest BCUT2D eigenvalue weighted by molar-refractivity contribution is 6.06. The van der Waals surface area contributed by atoms with Gasteiger partial charge >= 0.3 is 0 Å². The predicted molar refractivity (Wildman–Crippen MR) is 138 cm³/mol. The summed E-state index contributed by atoms with van der Waals surface area (Å²) in [5.74, 6) is 0.0140. The number of hydrogen-bond donors (Lipinski definition) is 4. The molecule has 1 aromatic carbocycles. The van der Waals surface area contributed by atoms with Crippen molar-refractivity contribution in [3.8, 4) is 6.07 Å². The number of nitrogens with two attached hydrogens (primary N) is 2. The molecule has 7 heteroatoms. The van der Waals surface area contributed by atoms with Crippen molar-refractivity contribution in [2.45, 2.75) is 50.7 Å². The SMILES string of the molecule is N#Cc1c(C(=O)N[C@H]2CC[C@H](N)CC2)n(CC2=CC=CC3CC=CC=C23)c2cc(C(=N)N)ccc12. The molecule has 3 aliphatic carbocycles. The summed E-state index contributed by atoms with van der Waals surface area (Å²) in [5.41, 5.74) is 16.2. The number of amidine groups is 1. The number of rotatable bonds is 5. The summed E-state index contributed by atoms with van der Waals surface area (Å²) in [6, 6.07) is 7.83. The first-order valence-corrected chi connectivity index (χ1v) is 12.2. The Bertz CT molecular complexity index is 1360. The summed E-state index contributed by atoms with van der Waals surface area (Å²) in [4.78, 5) is 13.7. The molecular weight excluding hydrogens is 436 g/mol. The lowest BCUT2D eigenvalue weighted by Gasteiger charge is -2.27. The minimum atomic E-state index is -0.247. The smallest absolute Gasteiger partial charge is 0.269 e. The zero-order valence-corrected chi connectivity index (χ0v) is 19.6. The molecule has 0 saturated heterocycles. The lowest BCUT2D eigenvalue weighted by Crippen LogP contribution is -2.41. The molecule has 1 atom stereocenters. The lowest BCUT2D eigenvalue weighted by molar-refractivity contribution is 0.0917. The van der Waals surface area contributed by atoms with E-state index in [1.165, 1.54) is 5.57 Å². The largest absolute Gasteiger partial charge is 0.384 e. The van der Waals surface area contributed by atoms with Crippen LogP contribution in [0.1, 0.15) is 53.7 Å². The van der Waals surface area contributed by atoms with Crippen LogP contribution in [0.15, 0.2) is 65.8 Å². The normalized spacial score (nSPS) is 23.3. The van der Waals surface area contributed by atoms with Crippen LogP contribution in [-0.2, 0) is 6.54 Å². The number of carbonyl (C=O) groups is 1. The number of allylic oxidation sites excluding steroid dienone is 8. The van der Waals surface area contributed by atoms with E-state index >= 15 is 0 Å². The average Bonchev–Trinajstić information content (AvgIpc) is 3.18. The third-order valence-electron chi connectivity index (χ3n) is 7.35. The van der Waals surface area contributed by atoms with Gasteiger partial charge in [-0.1, -0.05) is 48.6 Å². The second-order valence-corrected chi connectivity index (χ2v) is 9.62. The fourth-order valence-electron chi connectivity index (χ4n) is 5.44. The van der Waals surface area contributed by atoms with Gasteiger partial charge in [0.25, 0.3) is 5.91 Å². The second kappa shape index (κ2) is 9.40. The van der Waals surface area contributed by atoms with Gasteiger partial charge in [0.2, 0.25) is 0 Å². The van der Waals surface area contributed by atoms with Crippen molar-refractivity contribution in [2.24, 2.45) is 17.4 Å². The van der Waals surface area contributed by atoms with Crippen LogP contribution in [0.3, 0.4) is 0 Å². The van der Waals surface area contributed by atoms with Crippen molar-refractivity contribution in [3.63, 3.8) is 0 Å². The van der Waals surface area contributed by atoms with Crippen molar-refractivity contribution in [2.75, 3.05) is 0 Å². The van der Waals surface area contributed by atoms with E-state index in [-0.39, 0.29) is 23.8 Å². The molecule has 1 fully saturated rings. The van der Waals surface area contributed by atoms with Gasteiger partial charge in [-0.3, -0.25) is 10.2 Å². The van der Waals surface area contributed by atoms with Gasteiger partial charge in [0.1, 0.15) is 17.6 Å². The summed E-state index contributed by atoms with van der Waals surface area (Å²) < 4.78 is 1.92. The molecule has 0 spiro atoms. The number of nitrogens with one attached hydrogen (secondary N) is 2. The molecule has 1 aromatic heterocycles. The molecular formula is C28H30N6O. The van der Waals surface area contributed by atoms with Gasteiger partial charge in [-0.05, 0) is 49.3 Å². The predicted octanol–water partition coefficient (Wildman–Crippen LogP) is 3.80. The molecule has 1 heterocycles. The van der Waals surface area contributed by atoms with Crippen LogP contribution in [0.2, 0.25) is 0 Å². The van der Waals surface area contributed by atoms with Gasteiger partial charge < -0.3 is 21.4 Å². The Labute approximate surface area is 205 Å². The van der Waals surface area contributed by atoms with E-state index in [2.05, 4.69) is 47.8 Å². The molecule has 1 saturated carbocycles. The molecule has 35 heavy (non-hydrogen) atoms. The molecule has 5 rings (SSSR count). The second-order valence-electron chi connectivity index (χ2n) is 9.62. The lowest BCUT2D eigenvalue weighted by atomic mass is 9.83. The van der Waals surface area contributed by atoms with Crippen molar-refractivity contribution >= 4 is 22.6 Å². The van der Waals surface area contributed by atoms with Crippen LogP contribution in [0.25, 0.3) is 10.9 Å². The fourth-order valence-corrected chi connectivity index (χ4v) is 5.44. The highest BCUT2D eigenvalue weighted by Gasteiger charge is 2.28. The maximum absolute atomic E-state index is 13.7.